The average Bonchev–Trinajstić information content (AvgIpc) is 2.15. The van der Waals surface area contributed by atoms with E-state index in [2.05, 4.69) is 0 Å². The lowest BCUT2D eigenvalue weighted by atomic mass is 10.1. The minimum atomic E-state index is -4.39. The number of anilines is 2. The van der Waals surface area contributed by atoms with Crippen molar-refractivity contribution in [2.75, 3.05) is 10.7 Å². The number of nitrogens with two attached hydrogens (primary N) is 2. The summed E-state index contributed by atoms with van der Waals surface area (Å²) >= 11 is 0. The molecule has 0 fully saturated rings. The van der Waals surface area contributed by atoms with Gasteiger partial charge in [-0.3, -0.25) is 0 Å². The number of hydrogen-bond acceptors (Lipinski definition) is 3. The molecule has 6 heteroatoms. The van der Waals surface area contributed by atoms with E-state index in [1.807, 2.05) is 13.8 Å². The number of rotatable bonds is 2. The van der Waals surface area contributed by atoms with Gasteiger partial charge in [0.1, 0.15) is 0 Å². The molecule has 0 atom stereocenters. The van der Waals surface area contributed by atoms with E-state index in [0.29, 0.717) is 5.69 Å². The Balaban J connectivity index is 3.10. The first-order chi connectivity index (χ1) is 7.23. The predicted octanol–water partition coefficient (Wildman–Crippen LogP) is 2.38. The van der Waals surface area contributed by atoms with Crippen molar-refractivity contribution < 1.29 is 13.2 Å². The van der Waals surface area contributed by atoms with Crippen LogP contribution in [0.2, 0.25) is 0 Å². The number of hydrazine groups is 1. The summed E-state index contributed by atoms with van der Waals surface area (Å²) in [6, 6.07) is 3.09. The number of nitrogen functional groups attached to an aromatic ring is 1. The van der Waals surface area contributed by atoms with E-state index in [0.717, 1.165) is 12.1 Å². The summed E-state index contributed by atoms with van der Waals surface area (Å²) in [6.45, 7) is 3.63. The van der Waals surface area contributed by atoms with Gasteiger partial charge in [-0.25, -0.2) is 5.84 Å². The van der Waals surface area contributed by atoms with Crippen molar-refractivity contribution in [3.8, 4) is 0 Å². The number of halogens is 3. The largest absolute Gasteiger partial charge is 0.416 e. The van der Waals surface area contributed by atoms with E-state index in [4.69, 9.17) is 11.6 Å². The van der Waals surface area contributed by atoms with Crippen LogP contribution in [0.5, 0.6) is 0 Å². The highest BCUT2D eigenvalue weighted by molar-refractivity contribution is 5.68. The molecule has 90 valence electrons. The normalized spacial score (nSPS) is 11.9. The van der Waals surface area contributed by atoms with E-state index in [9.17, 15) is 13.2 Å². The molecule has 0 unspecified atom stereocenters. The number of benzene rings is 1. The van der Waals surface area contributed by atoms with Crippen LogP contribution in [0.15, 0.2) is 18.2 Å². The molecule has 1 rings (SSSR count). The molecule has 1 aromatic rings. The van der Waals surface area contributed by atoms with E-state index in [-0.39, 0.29) is 11.7 Å². The van der Waals surface area contributed by atoms with E-state index >= 15 is 0 Å². The molecule has 0 bridgehead atoms. The number of alkyl halides is 3. The number of hydrogen-bond donors (Lipinski definition) is 2. The van der Waals surface area contributed by atoms with Crippen LogP contribution in [0.3, 0.4) is 0 Å². The molecule has 4 N–H and O–H groups in total. The summed E-state index contributed by atoms with van der Waals surface area (Å²) in [5, 5.41) is 1.33. The van der Waals surface area contributed by atoms with Crippen LogP contribution >= 0.6 is 0 Å². The maximum Gasteiger partial charge on any atom is 0.416 e. The second kappa shape index (κ2) is 4.21. The Bertz CT molecular complexity index is 374. The monoisotopic (exact) mass is 233 g/mol. The molecule has 0 aliphatic rings. The van der Waals surface area contributed by atoms with Crippen LogP contribution in [0.25, 0.3) is 0 Å². The zero-order chi connectivity index (χ0) is 12.5. The molecule has 16 heavy (non-hydrogen) atoms. The lowest BCUT2D eigenvalue weighted by Gasteiger charge is -2.24. The Hall–Kier alpha value is -1.43. The third-order valence-corrected chi connectivity index (χ3v) is 2.19. The summed E-state index contributed by atoms with van der Waals surface area (Å²) < 4.78 is 37.1. The van der Waals surface area contributed by atoms with Crippen molar-refractivity contribution in [3.05, 3.63) is 23.8 Å². The van der Waals surface area contributed by atoms with Crippen molar-refractivity contribution in [1.29, 1.82) is 0 Å². The third-order valence-electron chi connectivity index (χ3n) is 2.19. The zero-order valence-electron chi connectivity index (χ0n) is 9.05. The molecule has 0 saturated carbocycles. The maximum atomic E-state index is 12.4. The predicted molar refractivity (Wildman–Crippen MR) is 57.7 cm³/mol. The van der Waals surface area contributed by atoms with Gasteiger partial charge in [-0.2, -0.15) is 13.2 Å². The zero-order valence-corrected chi connectivity index (χ0v) is 9.05. The first-order valence-corrected chi connectivity index (χ1v) is 4.74. The van der Waals surface area contributed by atoms with Gasteiger partial charge in [0, 0.05) is 6.04 Å². The fraction of sp³-hybridized carbons (Fsp3) is 0.400. The van der Waals surface area contributed by atoms with Gasteiger partial charge in [-0.05, 0) is 32.0 Å². The number of nitrogens with zero attached hydrogens (tertiary/aromatic N) is 1. The Labute approximate surface area is 91.8 Å². The van der Waals surface area contributed by atoms with Gasteiger partial charge < -0.3 is 10.7 Å². The molecule has 0 heterocycles. The van der Waals surface area contributed by atoms with Gasteiger partial charge in [0.15, 0.2) is 0 Å². The summed E-state index contributed by atoms with van der Waals surface area (Å²) in [5.41, 5.74) is 5.17. The van der Waals surface area contributed by atoms with Gasteiger partial charge >= 0.3 is 6.18 Å². The smallest absolute Gasteiger partial charge is 0.397 e. The van der Waals surface area contributed by atoms with Crippen LogP contribution < -0.4 is 16.6 Å². The highest BCUT2D eigenvalue weighted by atomic mass is 19.4. The minimum Gasteiger partial charge on any atom is -0.397 e. The molecule has 0 amide bonds. The maximum absolute atomic E-state index is 12.4. The van der Waals surface area contributed by atoms with Crippen LogP contribution in [0, 0.1) is 0 Å². The van der Waals surface area contributed by atoms with Gasteiger partial charge in [0.05, 0.1) is 16.9 Å². The van der Waals surface area contributed by atoms with Crippen molar-refractivity contribution in [2.24, 2.45) is 5.84 Å². The summed E-state index contributed by atoms with van der Waals surface area (Å²) in [6.07, 6.45) is -4.39. The quantitative estimate of drug-likeness (QED) is 0.468. The fourth-order valence-corrected chi connectivity index (χ4v) is 1.24. The fourth-order valence-electron chi connectivity index (χ4n) is 1.24. The lowest BCUT2D eigenvalue weighted by molar-refractivity contribution is -0.137. The van der Waals surface area contributed by atoms with E-state index < -0.39 is 11.7 Å². The van der Waals surface area contributed by atoms with Gasteiger partial charge in [-0.15, -0.1) is 0 Å². The molecule has 0 aromatic heterocycles. The highest BCUT2D eigenvalue weighted by Crippen LogP contribution is 2.33. The van der Waals surface area contributed by atoms with Crippen molar-refractivity contribution in [3.63, 3.8) is 0 Å². The first kappa shape index (κ1) is 12.6. The summed E-state index contributed by atoms with van der Waals surface area (Å²) in [4.78, 5) is 0. The van der Waals surface area contributed by atoms with Gasteiger partial charge in [-0.1, -0.05) is 0 Å². The molecule has 0 aliphatic carbocycles. The molecule has 0 saturated heterocycles. The Kier molecular flexibility index (Phi) is 3.32. The SMILES string of the molecule is CC(C)N(N)c1ccc(C(F)(F)F)cc1N. The minimum absolute atomic E-state index is 0.0195. The highest BCUT2D eigenvalue weighted by Gasteiger charge is 2.31. The summed E-state index contributed by atoms with van der Waals surface area (Å²) in [7, 11) is 0. The molecule has 0 aliphatic heterocycles. The molecule has 0 spiro atoms. The van der Waals surface area contributed by atoms with Crippen LogP contribution in [-0.4, -0.2) is 6.04 Å². The Morgan fingerprint density at radius 2 is 1.81 bits per heavy atom. The van der Waals surface area contributed by atoms with Crippen molar-refractivity contribution >= 4 is 11.4 Å². The topological polar surface area (TPSA) is 55.3 Å². The van der Waals surface area contributed by atoms with Gasteiger partial charge in [0.25, 0.3) is 0 Å². The molecule has 1 aromatic carbocycles. The Morgan fingerprint density at radius 1 is 1.25 bits per heavy atom. The third kappa shape index (κ3) is 2.57. The molecular formula is C10H14F3N3. The van der Waals surface area contributed by atoms with Crippen molar-refractivity contribution in [1.82, 2.24) is 0 Å². The lowest BCUT2D eigenvalue weighted by Crippen LogP contribution is -2.38. The standard InChI is InChI=1S/C10H14F3N3/c1-6(2)16(15)9-4-3-7(5-8(9)14)10(11,12)13/h3-6H,14-15H2,1-2H3. The van der Waals surface area contributed by atoms with Crippen molar-refractivity contribution in [2.45, 2.75) is 26.1 Å². The van der Waals surface area contributed by atoms with Crippen LogP contribution in [0.4, 0.5) is 24.5 Å². The average molecular weight is 233 g/mol. The second-order valence-electron chi connectivity index (χ2n) is 3.77. The van der Waals surface area contributed by atoms with E-state index in [1.54, 1.807) is 0 Å². The first-order valence-electron chi connectivity index (χ1n) is 4.74. The second-order valence-corrected chi connectivity index (χ2v) is 3.77. The summed E-state index contributed by atoms with van der Waals surface area (Å²) in [5.74, 6) is 5.67. The van der Waals surface area contributed by atoms with Crippen LogP contribution in [0.1, 0.15) is 19.4 Å². The molecular weight excluding hydrogens is 219 g/mol. The molecule has 3 nitrogen and oxygen atoms in total. The molecule has 0 radical (unpaired) electrons. The Morgan fingerprint density at radius 3 is 2.19 bits per heavy atom. The van der Waals surface area contributed by atoms with Gasteiger partial charge in [0.2, 0.25) is 0 Å². The van der Waals surface area contributed by atoms with Crippen LogP contribution in [-0.2, 0) is 6.18 Å². The van der Waals surface area contributed by atoms with E-state index in [1.165, 1.54) is 11.1 Å².